The number of aliphatic hydroxyl groups is 2. The lowest BCUT2D eigenvalue weighted by molar-refractivity contribution is -0.240. The summed E-state index contributed by atoms with van der Waals surface area (Å²) < 4.78 is 0. The molecule has 0 aliphatic heterocycles. The van der Waals surface area contributed by atoms with Crippen molar-refractivity contribution < 1.29 is 15.0 Å². The summed E-state index contributed by atoms with van der Waals surface area (Å²) in [5, 5.41) is 20.7. The van der Waals surface area contributed by atoms with E-state index in [2.05, 4.69) is 20.8 Å². The standard InChI is InChI=1S/C20H32O3/c1-17(2)14-5-9-19-8-4-13(20(23,11-19)12-21)10-15(19)18(14,3)7-6-16(17)22/h13-15,21,23H,4-12H2,1-3H3/t13?,14-,15+,18-,19-,20+/m1/s1. The first-order valence-corrected chi connectivity index (χ1v) is 9.55. The lowest BCUT2D eigenvalue weighted by Crippen LogP contribution is -2.66. The fraction of sp³-hybridized carbons (Fsp3) is 0.950. The molecule has 0 aromatic heterocycles. The van der Waals surface area contributed by atoms with E-state index in [4.69, 9.17) is 0 Å². The highest BCUT2D eigenvalue weighted by Crippen LogP contribution is 2.72. The number of rotatable bonds is 1. The fourth-order valence-corrected chi connectivity index (χ4v) is 7.72. The van der Waals surface area contributed by atoms with Crippen LogP contribution in [-0.4, -0.2) is 28.2 Å². The van der Waals surface area contributed by atoms with Gasteiger partial charge in [-0.2, -0.15) is 0 Å². The summed E-state index contributed by atoms with van der Waals surface area (Å²) in [7, 11) is 0. The molecule has 0 aromatic carbocycles. The highest BCUT2D eigenvalue weighted by molar-refractivity contribution is 5.85. The van der Waals surface area contributed by atoms with E-state index in [1.165, 1.54) is 6.42 Å². The van der Waals surface area contributed by atoms with Gasteiger partial charge in [0.1, 0.15) is 5.78 Å². The molecule has 5 saturated carbocycles. The van der Waals surface area contributed by atoms with Gasteiger partial charge >= 0.3 is 0 Å². The molecule has 5 fully saturated rings. The topological polar surface area (TPSA) is 57.5 Å². The van der Waals surface area contributed by atoms with Crippen molar-refractivity contribution in [3.05, 3.63) is 0 Å². The Bertz CT molecular complexity index is 541. The first-order valence-electron chi connectivity index (χ1n) is 9.55. The molecule has 5 aliphatic carbocycles. The number of fused-ring (bicyclic) bond motifs is 3. The molecule has 5 rings (SSSR count). The molecule has 2 bridgehead atoms. The third-order valence-corrected chi connectivity index (χ3v) is 8.95. The van der Waals surface area contributed by atoms with Crippen molar-refractivity contribution in [3.63, 3.8) is 0 Å². The average Bonchev–Trinajstić information content (AvgIpc) is 2.51. The summed E-state index contributed by atoms with van der Waals surface area (Å²) in [6, 6.07) is 0. The molecule has 3 heteroatoms. The van der Waals surface area contributed by atoms with Gasteiger partial charge in [-0.15, -0.1) is 0 Å². The van der Waals surface area contributed by atoms with Crippen molar-refractivity contribution in [1.29, 1.82) is 0 Å². The van der Waals surface area contributed by atoms with Crippen LogP contribution < -0.4 is 0 Å². The summed E-state index contributed by atoms with van der Waals surface area (Å²) >= 11 is 0. The molecule has 3 nitrogen and oxygen atoms in total. The number of carbonyl (C=O) groups excluding carboxylic acids is 1. The minimum absolute atomic E-state index is 0.0870. The second kappa shape index (κ2) is 4.60. The molecular formula is C20H32O3. The third kappa shape index (κ3) is 1.87. The van der Waals surface area contributed by atoms with Gasteiger partial charge in [-0.25, -0.2) is 0 Å². The van der Waals surface area contributed by atoms with Gasteiger partial charge in [0.25, 0.3) is 0 Å². The molecule has 0 aromatic rings. The van der Waals surface area contributed by atoms with Gasteiger partial charge in [0.2, 0.25) is 0 Å². The summed E-state index contributed by atoms with van der Waals surface area (Å²) in [6.45, 7) is 6.69. The zero-order chi connectivity index (χ0) is 16.7. The molecule has 5 aliphatic rings. The van der Waals surface area contributed by atoms with Crippen molar-refractivity contribution in [1.82, 2.24) is 0 Å². The van der Waals surface area contributed by atoms with Crippen molar-refractivity contribution in [2.45, 2.75) is 77.7 Å². The van der Waals surface area contributed by atoms with E-state index < -0.39 is 5.60 Å². The molecule has 130 valence electrons. The van der Waals surface area contributed by atoms with Crippen LogP contribution in [0.15, 0.2) is 0 Å². The zero-order valence-corrected chi connectivity index (χ0v) is 14.9. The minimum Gasteiger partial charge on any atom is -0.393 e. The highest BCUT2D eigenvalue weighted by atomic mass is 16.3. The second-order valence-electron chi connectivity index (χ2n) is 10.1. The highest BCUT2D eigenvalue weighted by Gasteiger charge is 2.67. The SMILES string of the molecule is CC1(C)C(=O)CC[C@]2(C)[C@@H]1CC[C@@]13CCC(C[C@H]12)[C@@](O)(CO)C3. The zero-order valence-electron chi connectivity index (χ0n) is 14.9. The largest absolute Gasteiger partial charge is 0.393 e. The Hall–Kier alpha value is -0.410. The van der Waals surface area contributed by atoms with Crippen LogP contribution in [0.3, 0.4) is 0 Å². The van der Waals surface area contributed by atoms with E-state index in [-0.39, 0.29) is 28.8 Å². The molecule has 1 unspecified atom stereocenters. The molecule has 1 spiro atoms. The van der Waals surface area contributed by atoms with Crippen molar-refractivity contribution in [2.24, 2.45) is 34.0 Å². The Morgan fingerprint density at radius 2 is 1.78 bits per heavy atom. The summed E-state index contributed by atoms with van der Waals surface area (Å²) in [5.41, 5.74) is -0.615. The molecule has 0 amide bonds. The normalized spacial score (nSPS) is 54.5. The van der Waals surface area contributed by atoms with Crippen LogP contribution in [0.4, 0.5) is 0 Å². The lowest BCUT2D eigenvalue weighted by atomic mass is 9.36. The molecule has 0 radical (unpaired) electrons. The van der Waals surface area contributed by atoms with Crippen LogP contribution in [0.1, 0.15) is 72.1 Å². The van der Waals surface area contributed by atoms with Gasteiger partial charge < -0.3 is 10.2 Å². The fourth-order valence-electron chi connectivity index (χ4n) is 7.72. The Morgan fingerprint density at radius 3 is 2.48 bits per heavy atom. The monoisotopic (exact) mass is 320 g/mol. The second-order valence-corrected chi connectivity index (χ2v) is 10.1. The van der Waals surface area contributed by atoms with E-state index in [1.54, 1.807) is 0 Å². The maximum atomic E-state index is 12.5. The Labute approximate surface area is 139 Å². The van der Waals surface area contributed by atoms with Crippen LogP contribution in [0.2, 0.25) is 0 Å². The number of Topliss-reactive ketones (excluding diaryl/α,β-unsaturated/α-hetero) is 1. The predicted molar refractivity (Wildman–Crippen MR) is 88.8 cm³/mol. The number of ketones is 1. The molecule has 2 N–H and O–H groups in total. The number of aliphatic hydroxyl groups excluding tert-OH is 1. The van der Waals surface area contributed by atoms with E-state index in [0.717, 1.165) is 44.9 Å². The summed E-state index contributed by atoms with van der Waals surface area (Å²) in [5.74, 6) is 1.79. The Balaban J connectivity index is 1.73. The molecule has 6 atom stereocenters. The first-order chi connectivity index (χ1) is 10.7. The van der Waals surface area contributed by atoms with Crippen LogP contribution in [0.5, 0.6) is 0 Å². The number of hydrogen-bond acceptors (Lipinski definition) is 3. The van der Waals surface area contributed by atoms with Crippen molar-refractivity contribution in [2.75, 3.05) is 6.61 Å². The van der Waals surface area contributed by atoms with Gasteiger partial charge in [-0.1, -0.05) is 20.8 Å². The van der Waals surface area contributed by atoms with Gasteiger partial charge in [0.15, 0.2) is 0 Å². The van der Waals surface area contributed by atoms with Crippen LogP contribution in [0, 0.1) is 34.0 Å². The van der Waals surface area contributed by atoms with E-state index in [9.17, 15) is 15.0 Å². The Morgan fingerprint density at radius 1 is 1.09 bits per heavy atom. The third-order valence-electron chi connectivity index (χ3n) is 8.95. The smallest absolute Gasteiger partial charge is 0.138 e. The van der Waals surface area contributed by atoms with Gasteiger partial charge in [-0.05, 0) is 73.5 Å². The van der Waals surface area contributed by atoms with E-state index >= 15 is 0 Å². The summed E-state index contributed by atoms with van der Waals surface area (Å²) in [6.07, 6.45) is 8.09. The van der Waals surface area contributed by atoms with Gasteiger partial charge in [0.05, 0.1) is 12.2 Å². The van der Waals surface area contributed by atoms with E-state index in [0.29, 0.717) is 17.6 Å². The van der Waals surface area contributed by atoms with Crippen LogP contribution >= 0.6 is 0 Å². The number of hydrogen-bond donors (Lipinski definition) is 2. The average molecular weight is 320 g/mol. The predicted octanol–water partition coefficient (Wildman–Crippen LogP) is 3.32. The van der Waals surface area contributed by atoms with Gasteiger partial charge in [-0.3, -0.25) is 4.79 Å². The molecule has 0 saturated heterocycles. The quantitative estimate of drug-likeness (QED) is 0.779. The van der Waals surface area contributed by atoms with Gasteiger partial charge in [0, 0.05) is 11.8 Å². The molecule has 0 heterocycles. The Kier molecular flexibility index (Phi) is 3.22. The molecular weight excluding hydrogens is 288 g/mol. The van der Waals surface area contributed by atoms with E-state index in [1.807, 2.05) is 0 Å². The molecule has 23 heavy (non-hydrogen) atoms. The maximum Gasteiger partial charge on any atom is 0.138 e. The first kappa shape index (κ1) is 16.1. The van der Waals surface area contributed by atoms with Crippen molar-refractivity contribution in [3.8, 4) is 0 Å². The van der Waals surface area contributed by atoms with Crippen molar-refractivity contribution >= 4 is 5.78 Å². The van der Waals surface area contributed by atoms with Crippen LogP contribution in [-0.2, 0) is 4.79 Å². The van der Waals surface area contributed by atoms with Crippen LogP contribution in [0.25, 0.3) is 0 Å². The maximum absolute atomic E-state index is 12.5. The minimum atomic E-state index is -0.849. The summed E-state index contributed by atoms with van der Waals surface area (Å²) in [4.78, 5) is 12.5. The lowest BCUT2D eigenvalue weighted by Gasteiger charge is -2.69. The number of carbonyl (C=O) groups is 1.